The van der Waals surface area contributed by atoms with E-state index in [1.807, 2.05) is 13.8 Å². The molecule has 0 bridgehead atoms. The Hall–Kier alpha value is -0.440. The molecule has 0 saturated heterocycles. The van der Waals surface area contributed by atoms with Gasteiger partial charge in [0, 0.05) is 10.4 Å². The van der Waals surface area contributed by atoms with Crippen LogP contribution < -0.4 is 0 Å². The van der Waals surface area contributed by atoms with Crippen LogP contribution in [0.4, 0.5) is 8.78 Å². The standard InChI is InChI=1S/C11H13BrF2/c1-7(8(2)12)6-9-10(13)4-3-5-11(9)14/h3-5,7-8H,6H2,1-2H3. The smallest absolute Gasteiger partial charge is 0.129 e. The van der Waals surface area contributed by atoms with Crippen LogP contribution in [-0.4, -0.2) is 4.83 Å². The van der Waals surface area contributed by atoms with E-state index in [1.54, 1.807) is 0 Å². The molecular weight excluding hydrogens is 250 g/mol. The molecule has 2 unspecified atom stereocenters. The minimum atomic E-state index is -0.454. The fraction of sp³-hybridized carbons (Fsp3) is 0.455. The zero-order chi connectivity index (χ0) is 10.7. The summed E-state index contributed by atoms with van der Waals surface area (Å²) in [6, 6.07) is 3.98. The van der Waals surface area contributed by atoms with Gasteiger partial charge in [0.15, 0.2) is 0 Å². The van der Waals surface area contributed by atoms with Crippen LogP contribution in [0.3, 0.4) is 0 Å². The third-order valence-electron chi connectivity index (χ3n) is 2.37. The van der Waals surface area contributed by atoms with Crippen LogP contribution in [0.25, 0.3) is 0 Å². The highest BCUT2D eigenvalue weighted by atomic mass is 79.9. The Morgan fingerprint density at radius 2 is 1.71 bits per heavy atom. The number of hydrogen-bond acceptors (Lipinski definition) is 0. The van der Waals surface area contributed by atoms with E-state index >= 15 is 0 Å². The summed E-state index contributed by atoms with van der Waals surface area (Å²) < 4.78 is 26.4. The van der Waals surface area contributed by atoms with E-state index in [-0.39, 0.29) is 16.3 Å². The molecule has 2 atom stereocenters. The zero-order valence-electron chi connectivity index (χ0n) is 8.23. The lowest BCUT2D eigenvalue weighted by Gasteiger charge is -2.14. The third-order valence-corrected chi connectivity index (χ3v) is 3.27. The van der Waals surface area contributed by atoms with Gasteiger partial charge in [0.2, 0.25) is 0 Å². The van der Waals surface area contributed by atoms with Gasteiger partial charge in [0.05, 0.1) is 0 Å². The molecule has 0 N–H and O–H groups in total. The summed E-state index contributed by atoms with van der Waals surface area (Å²) in [4.78, 5) is 0.251. The van der Waals surface area contributed by atoms with Gasteiger partial charge in [-0.25, -0.2) is 8.78 Å². The van der Waals surface area contributed by atoms with Gasteiger partial charge in [-0.15, -0.1) is 0 Å². The van der Waals surface area contributed by atoms with E-state index in [0.717, 1.165) is 0 Å². The van der Waals surface area contributed by atoms with Crippen LogP contribution in [0.5, 0.6) is 0 Å². The maximum Gasteiger partial charge on any atom is 0.129 e. The molecule has 0 amide bonds. The van der Waals surface area contributed by atoms with E-state index in [1.165, 1.54) is 18.2 Å². The maximum absolute atomic E-state index is 13.2. The quantitative estimate of drug-likeness (QED) is 0.725. The molecule has 0 aliphatic heterocycles. The van der Waals surface area contributed by atoms with Crippen molar-refractivity contribution in [3.05, 3.63) is 35.4 Å². The SMILES string of the molecule is CC(Br)C(C)Cc1c(F)cccc1F. The van der Waals surface area contributed by atoms with E-state index in [9.17, 15) is 8.78 Å². The number of hydrogen-bond donors (Lipinski definition) is 0. The molecular formula is C11H13BrF2. The van der Waals surface area contributed by atoms with E-state index in [0.29, 0.717) is 6.42 Å². The van der Waals surface area contributed by atoms with Gasteiger partial charge in [-0.1, -0.05) is 35.8 Å². The average molecular weight is 263 g/mol. The number of benzene rings is 1. The second-order valence-corrected chi connectivity index (χ2v) is 5.00. The lowest BCUT2D eigenvalue weighted by Crippen LogP contribution is -2.12. The first-order chi connectivity index (χ1) is 6.52. The predicted molar refractivity (Wildman–Crippen MR) is 57.6 cm³/mol. The Balaban J connectivity index is 2.85. The topological polar surface area (TPSA) is 0 Å². The number of alkyl halides is 1. The average Bonchev–Trinajstić information content (AvgIpc) is 2.11. The van der Waals surface area contributed by atoms with Crippen molar-refractivity contribution in [2.45, 2.75) is 25.1 Å². The van der Waals surface area contributed by atoms with Gasteiger partial charge in [-0.05, 0) is 24.5 Å². The van der Waals surface area contributed by atoms with Crippen molar-refractivity contribution in [3.63, 3.8) is 0 Å². The predicted octanol–water partition coefficient (Wildman–Crippen LogP) is 3.93. The van der Waals surface area contributed by atoms with Crippen molar-refractivity contribution in [1.29, 1.82) is 0 Å². The lowest BCUT2D eigenvalue weighted by atomic mass is 9.98. The summed E-state index contributed by atoms with van der Waals surface area (Å²) >= 11 is 3.40. The van der Waals surface area contributed by atoms with Crippen molar-refractivity contribution in [1.82, 2.24) is 0 Å². The summed E-state index contributed by atoms with van der Waals surface area (Å²) in [5, 5.41) is 0. The molecule has 0 aromatic heterocycles. The third kappa shape index (κ3) is 2.77. The number of halogens is 3. The Morgan fingerprint density at radius 3 is 2.14 bits per heavy atom. The summed E-state index contributed by atoms with van der Waals surface area (Å²) in [5.74, 6) is -0.698. The highest BCUT2D eigenvalue weighted by Gasteiger charge is 2.15. The molecule has 1 aromatic rings. The molecule has 0 saturated carbocycles. The van der Waals surface area contributed by atoms with Gasteiger partial charge >= 0.3 is 0 Å². The normalized spacial score (nSPS) is 15.2. The molecule has 1 rings (SSSR count). The molecule has 0 fully saturated rings. The molecule has 3 heteroatoms. The summed E-state index contributed by atoms with van der Waals surface area (Å²) in [6.07, 6.45) is 0.422. The van der Waals surface area contributed by atoms with Gasteiger partial charge in [-0.2, -0.15) is 0 Å². The zero-order valence-corrected chi connectivity index (χ0v) is 9.81. The van der Waals surface area contributed by atoms with E-state index in [4.69, 9.17) is 0 Å². The lowest BCUT2D eigenvalue weighted by molar-refractivity contribution is 0.507. The monoisotopic (exact) mass is 262 g/mol. The molecule has 0 spiro atoms. The van der Waals surface area contributed by atoms with Crippen molar-refractivity contribution in [2.24, 2.45) is 5.92 Å². The second-order valence-electron chi connectivity index (χ2n) is 3.56. The maximum atomic E-state index is 13.2. The molecule has 0 nitrogen and oxygen atoms in total. The highest BCUT2D eigenvalue weighted by molar-refractivity contribution is 9.09. The first kappa shape index (κ1) is 11.6. The van der Waals surface area contributed by atoms with E-state index < -0.39 is 11.6 Å². The van der Waals surface area contributed by atoms with E-state index in [2.05, 4.69) is 15.9 Å². The van der Waals surface area contributed by atoms with Gasteiger partial charge in [0.1, 0.15) is 11.6 Å². The van der Waals surface area contributed by atoms with Gasteiger partial charge in [-0.3, -0.25) is 0 Å². The fourth-order valence-corrected chi connectivity index (χ4v) is 1.40. The van der Waals surface area contributed by atoms with Gasteiger partial charge < -0.3 is 0 Å². The molecule has 14 heavy (non-hydrogen) atoms. The van der Waals surface area contributed by atoms with Gasteiger partial charge in [0.25, 0.3) is 0 Å². The molecule has 0 radical (unpaired) electrons. The summed E-state index contributed by atoms with van der Waals surface area (Å²) in [7, 11) is 0. The second kappa shape index (κ2) is 4.87. The Morgan fingerprint density at radius 1 is 1.21 bits per heavy atom. The first-order valence-corrected chi connectivity index (χ1v) is 5.51. The van der Waals surface area contributed by atoms with Crippen LogP contribution in [0.2, 0.25) is 0 Å². The van der Waals surface area contributed by atoms with Crippen LogP contribution in [-0.2, 0) is 6.42 Å². The molecule has 0 heterocycles. The summed E-state index contributed by atoms with van der Waals surface area (Å²) in [6.45, 7) is 3.94. The minimum absolute atomic E-state index is 0.186. The van der Waals surface area contributed by atoms with Crippen LogP contribution in [0, 0.1) is 17.6 Å². The highest BCUT2D eigenvalue weighted by Crippen LogP contribution is 2.21. The van der Waals surface area contributed by atoms with Crippen molar-refractivity contribution < 1.29 is 8.78 Å². The molecule has 1 aromatic carbocycles. The van der Waals surface area contributed by atoms with Crippen molar-refractivity contribution in [2.75, 3.05) is 0 Å². The molecule has 78 valence electrons. The minimum Gasteiger partial charge on any atom is -0.207 e. The Labute approximate surface area is 91.5 Å². The largest absolute Gasteiger partial charge is 0.207 e. The first-order valence-electron chi connectivity index (χ1n) is 4.59. The van der Waals surface area contributed by atoms with Crippen molar-refractivity contribution >= 4 is 15.9 Å². The summed E-state index contributed by atoms with van der Waals surface area (Å²) in [5.41, 5.74) is 0.186. The Kier molecular flexibility index (Phi) is 4.05. The van der Waals surface area contributed by atoms with Crippen molar-refractivity contribution in [3.8, 4) is 0 Å². The molecule has 0 aliphatic carbocycles. The molecule has 0 aliphatic rings. The van der Waals surface area contributed by atoms with Crippen LogP contribution >= 0.6 is 15.9 Å². The fourth-order valence-electron chi connectivity index (χ4n) is 1.21. The van der Waals surface area contributed by atoms with Crippen LogP contribution in [0.1, 0.15) is 19.4 Å². The van der Waals surface area contributed by atoms with Crippen LogP contribution in [0.15, 0.2) is 18.2 Å². The number of rotatable bonds is 3. The Bertz CT molecular complexity index is 290.